The van der Waals surface area contributed by atoms with Gasteiger partial charge in [0.15, 0.2) is 5.69 Å². The normalized spacial score (nSPS) is 28.2. The van der Waals surface area contributed by atoms with Crippen LogP contribution in [-0.4, -0.2) is 45.8 Å². The number of aryl methyl sites for hydroxylation is 1. The molecule has 0 radical (unpaired) electrons. The molecule has 116 valence electrons. The van der Waals surface area contributed by atoms with Crippen molar-refractivity contribution in [3.05, 3.63) is 30.0 Å². The highest BCUT2D eigenvalue weighted by Gasteiger charge is 2.39. The second kappa shape index (κ2) is 5.09. The van der Waals surface area contributed by atoms with Crippen molar-refractivity contribution in [1.82, 2.24) is 20.0 Å². The van der Waals surface area contributed by atoms with Gasteiger partial charge in [0, 0.05) is 30.6 Å². The van der Waals surface area contributed by atoms with Crippen LogP contribution in [0.25, 0.3) is 10.9 Å². The van der Waals surface area contributed by atoms with Gasteiger partial charge in [0.2, 0.25) is 0 Å². The Morgan fingerprint density at radius 2 is 1.86 bits per heavy atom. The van der Waals surface area contributed by atoms with E-state index in [1.165, 1.54) is 12.8 Å². The molecule has 0 aliphatic carbocycles. The Hall–Kier alpha value is -1.88. The third kappa shape index (κ3) is 2.11. The lowest BCUT2D eigenvalue weighted by Gasteiger charge is -2.36. The number of nitrogens with zero attached hydrogens (tertiary/aromatic N) is 3. The first kappa shape index (κ1) is 13.8. The summed E-state index contributed by atoms with van der Waals surface area (Å²) < 4.78 is 1.78. The molecule has 2 atom stereocenters. The van der Waals surface area contributed by atoms with Gasteiger partial charge in [-0.2, -0.15) is 5.10 Å². The molecular weight excluding hydrogens is 276 g/mol. The van der Waals surface area contributed by atoms with Crippen LogP contribution in [0.1, 0.15) is 36.2 Å². The van der Waals surface area contributed by atoms with Gasteiger partial charge in [-0.25, -0.2) is 0 Å². The summed E-state index contributed by atoms with van der Waals surface area (Å²) in [7, 11) is 4.10. The Bertz CT molecular complexity index is 709. The molecule has 2 aliphatic heterocycles. The maximum absolute atomic E-state index is 12.7. The molecule has 1 aromatic heterocycles. The number of hydrogen-bond donors (Lipinski definition) is 1. The minimum absolute atomic E-state index is 0.0363. The van der Waals surface area contributed by atoms with Crippen LogP contribution in [-0.2, 0) is 7.05 Å². The molecule has 22 heavy (non-hydrogen) atoms. The molecule has 2 bridgehead atoms. The summed E-state index contributed by atoms with van der Waals surface area (Å²) in [6.07, 6.45) is 4.65. The Morgan fingerprint density at radius 3 is 2.59 bits per heavy atom. The van der Waals surface area contributed by atoms with E-state index in [1.54, 1.807) is 4.68 Å². The number of piperidine rings is 1. The lowest BCUT2D eigenvalue weighted by molar-refractivity contribution is 0.0878. The molecule has 5 nitrogen and oxygen atoms in total. The smallest absolute Gasteiger partial charge is 0.272 e. The number of carbonyl (C=O) groups excluding carboxylic acids is 1. The average Bonchev–Trinajstić information content (AvgIpc) is 2.93. The number of rotatable bonds is 2. The van der Waals surface area contributed by atoms with Crippen LogP contribution in [0, 0.1) is 0 Å². The van der Waals surface area contributed by atoms with E-state index in [4.69, 9.17) is 0 Å². The molecule has 1 aromatic carbocycles. The minimum Gasteiger partial charge on any atom is -0.348 e. The maximum atomic E-state index is 12.7. The van der Waals surface area contributed by atoms with Crippen LogP contribution in [0.3, 0.4) is 0 Å². The first-order chi connectivity index (χ1) is 10.6. The van der Waals surface area contributed by atoms with Gasteiger partial charge in [0.1, 0.15) is 0 Å². The van der Waals surface area contributed by atoms with E-state index in [2.05, 4.69) is 22.4 Å². The number of aromatic nitrogens is 2. The molecule has 0 unspecified atom stereocenters. The van der Waals surface area contributed by atoms with Gasteiger partial charge in [-0.1, -0.05) is 18.2 Å². The average molecular weight is 298 g/mol. The Labute approximate surface area is 130 Å². The van der Waals surface area contributed by atoms with Gasteiger partial charge in [0.05, 0.1) is 5.52 Å². The van der Waals surface area contributed by atoms with E-state index in [0.29, 0.717) is 17.8 Å². The van der Waals surface area contributed by atoms with Crippen molar-refractivity contribution in [2.75, 3.05) is 7.05 Å². The first-order valence-corrected chi connectivity index (χ1v) is 8.08. The predicted octanol–water partition coefficient (Wildman–Crippen LogP) is 1.93. The van der Waals surface area contributed by atoms with Gasteiger partial charge < -0.3 is 10.2 Å². The summed E-state index contributed by atoms with van der Waals surface area (Å²) in [5, 5.41) is 8.57. The van der Waals surface area contributed by atoms with E-state index in [0.717, 1.165) is 23.7 Å². The molecule has 3 heterocycles. The molecule has 5 heteroatoms. The fourth-order valence-corrected chi connectivity index (χ4v) is 4.16. The Kier molecular flexibility index (Phi) is 3.18. The molecule has 2 fully saturated rings. The Balaban J connectivity index is 1.55. The maximum Gasteiger partial charge on any atom is 0.272 e. The fraction of sp³-hybridized carbons (Fsp3) is 0.529. The standard InChI is InChI=1S/C17H22N4O/c1-20-12-7-8-13(20)10-11(9-12)18-17(22)16-14-5-3-4-6-15(14)21(2)19-16/h3-6,11-13H,7-10H2,1-2H3,(H,18,22)/t12-,13-/m0/s1. The van der Waals surface area contributed by atoms with Crippen LogP contribution < -0.4 is 5.32 Å². The summed E-state index contributed by atoms with van der Waals surface area (Å²) in [5.74, 6) is -0.0363. The highest BCUT2D eigenvalue weighted by Crippen LogP contribution is 2.34. The van der Waals surface area contributed by atoms with Crippen LogP contribution in [0.4, 0.5) is 0 Å². The largest absolute Gasteiger partial charge is 0.348 e. The topological polar surface area (TPSA) is 50.2 Å². The van der Waals surface area contributed by atoms with E-state index >= 15 is 0 Å². The first-order valence-electron chi connectivity index (χ1n) is 8.08. The van der Waals surface area contributed by atoms with Crippen molar-refractivity contribution >= 4 is 16.8 Å². The SMILES string of the molecule is CN1[C@H]2CC[C@H]1CC(NC(=O)c1nn(C)c3ccccc13)C2. The molecule has 0 saturated carbocycles. The lowest BCUT2D eigenvalue weighted by Crippen LogP contribution is -2.48. The summed E-state index contributed by atoms with van der Waals surface area (Å²) in [6, 6.07) is 9.43. The minimum atomic E-state index is -0.0363. The number of nitrogens with one attached hydrogen (secondary N) is 1. The number of amides is 1. The van der Waals surface area contributed by atoms with Crippen LogP contribution in [0.15, 0.2) is 24.3 Å². The third-order valence-electron chi connectivity index (χ3n) is 5.41. The highest BCUT2D eigenvalue weighted by molar-refractivity contribution is 6.04. The molecule has 2 aromatic rings. The van der Waals surface area contributed by atoms with Crippen molar-refractivity contribution in [3.63, 3.8) is 0 Å². The van der Waals surface area contributed by atoms with E-state index in [-0.39, 0.29) is 11.9 Å². The van der Waals surface area contributed by atoms with Crippen molar-refractivity contribution < 1.29 is 4.79 Å². The number of carbonyl (C=O) groups is 1. The number of benzene rings is 1. The molecule has 0 spiro atoms. The predicted molar refractivity (Wildman–Crippen MR) is 85.8 cm³/mol. The van der Waals surface area contributed by atoms with Crippen molar-refractivity contribution in [3.8, 4) is 0 Å². The second-order valence-electron chi connectivity index (χ2n) is 6.68. The Morgan fingerprint density at radius 1 is 1.18 bits per heavy atom. The van der Waals surface area contributed by atoms with E-state index < -0.39 is 0 Å². The monoisotopic (exact) mass is 298 g/mol. The highest BCUT2D eigenvalue weighted by atomic mass is 16.2. The fourth-order valence-electron chi connectivity index (χ4n) is 4.16. The number of fused-ring (bicyclic) bond motifs is 3. The van der Waals surface area contributed by atoms with Gasteiger partial charge in [-0.05, 0) is 38.8 Å². The summed E-state index contributed by atoms with van der Waals surface area (Å²) in [6.45, 7) is 0. The van der Waals surface area contributed by atoms with E-state index in [1.807, 2.05) is 31.3 Å². The summed E-state index contributed by atoms with van der Waals surface area (Å²) in [4.78, 5) is 15.1. The van der Waals surface area contributed by atoms with E-state index in [9.17, 15) is 4.79 Å². The van der Waals surface area contributed by atoms with Crippen LogP contribution >= 0.6 is 0 Å². The zero-order chi connectivity index (χ0) is 15.3. The van der Waals surface area contributed by atoms with Crippen LogP contribution in [0.5, 0.6) is 0 Å². The molecule has 4 rings (SSSR count). The molecule has 2 saturated heterocycles. The van der Waals surface area contributed by atoms with Crippen LogP contribution in [0.2, 0.25) is 0 Å². The summed E-state index contributed by atoms with van der Waals surface area (Å²) in [5.41, 5.74) is 1.54. The van der Waals surface area contributed by atoms with Gasteiger partial charge in [-0.3, -0.25) is 9.48 Å². The lowest BCUT2D eigenvalue weighted by atomic mass is 9.98. The third-order valence-corrected chi connectivity index (χ3v) is 5.41. The van der Waals surface area contributed by atoms with Gasteiger partial charge in [0.25, 0.3) is 5.91 Å². The number of para-hydroxylation sites is 1. The van der Waals surface area contributed by atoms with Crippen molar-refractivity contribution in [2.24, 2.45) is 7.05 Å². The molecular formula is C17H22N4O. The molecule has 1 N–H and O–H groups in total. The molecule has 1 amide bonds. The van der Waals surface area contributed by atoms with Gasteiger partial charge in [-0.15, -0.1) is 0 Å². The number of hydrogen-bond acceptors (Lipinski definition) is 3. The zero-order valence-corrected chi connectivity index (χ0v) is 13.1. The van der Waals surface area contributed by atoms with Crippen molar-refractivity contribution in [1.29, 1.82) is 0 Å². The second-order valence-corrected chi connectivity index (χ2v) is 6.68. The molecule has 2 aliphatic rings. The quantitative estimate of drug-likeness (QED) is 0.921. The van der Waals surface area contributed by atoms with Gasteiger partial charge >= 0.3 is 0 Å². The summed E-state index contributed by atoms with van der Waals surface area (Å²) >= 11 is 0. The zero-order valence-electron chi connectivity index (χ0n) is 13.1. The van der Waals surface area contributed by atoms with Crippen molar-refractivity contribution in [2.45, 2.75) is 43.8 Å².